The fourth-order valence-electron chi connectivity index (χ4n) is 11.6. The van der Waals surface area contributed by atoms with Gasteiger partial charge in [-0.05, 0) is 60.4 Å². The van der Waals surface area contributed by atoms with Crippen LogP contribution >= 0.6 is 0 Å². The van der Waals surface area contributed by atoms with E-state index < -0.39 is 125 Å². The van der Waals surface area contributed by atoms with E-state index in [2.05, 4.69) is 15.3 Å². The zero-order valence-corrected chi connectivity index (χ0v) is 46.1. The number of carbonyl (C=O) groups excluding carboxylic acids is 7. The number of aliphatic hydroxyl groups excluding tert-OH is 1. The Bertz CT molecular complexity index is 2810. The number of ketones is 1. The van der Waals surface area contributed by atoms with E-state index in [1.54, 1.807) is 92.7 Å². The van der Waals surface area contributed by atoms with Crippen molar-refractivity contribution in [1.82, 2.24) is 5.32 Å². The summed E-state index contributed by atoms with van der Waals surface area (Å²) in [7, 11) is 0. The highest BCUT2D eigenvalue weighted by Crippen LogP contribution is 2.65. The number of azide groups is 1. The van der Waals surface area contributed by atoms with Gasteiger partial charge >= 0.3 is 29.8 Å². The van der Waals surface area contributed by atoms with Gasteiger partial charge in [-0.2, -0.15) is 0 Å². The molecule has 1 amide bonds. The lowest BCUT2D eigenvalue weighted by molar-refractivity contribution is -0.346. The quantitative estimate of drug-likeness (QED) is 0.0180. The van der Waals surface area contributed by atoms with E-state index in [0.717, 1.165) is 13.8 Å². The third kappa shape index (κ3) is 13.5. The molecule has 1 heterocycles. The molecule has 2 bridgehead atoms. The van der Waals surface area contributed by atoms with E-state index in [-0.39, 0.29) is 81.3 Å². The number of aliphatic hydroxyl groups is 2. The summed E-state index contributed by atoms with van der Waals surface area (Å²) in [5, 5.41) is 32.2. The summed E-state index contributed by atoms with van der Waals surface area (Å²) >= 11 is 0. The van der Waals surface area contributed by atoms with Crippen LogP contribution in [0, 0.1) is 16.7 Å². The number of rotatable bonds is 26. The van der Waals surface area contributed by atoms with Gasteiger partial charge in [-0.1, -0.05) is 85.7 Å². The highest BCUT2D eigenvalue weighted by atomic mass is 16.6. The molecule has 0 aromatic heterocycles. The molecule has 3 aliphatic carbocycles. The van der Waals surface area contributed by atoms with Crippen molar-refractivity contribution in [3.05, 3.63) is 129 Å². The zero-order chi connectivity index (χ0) is 58.5. The standard InChI is InChI=1S/C58H70N4O19/c1-35-41(78-54(70)47(66)46(38-16-10-7-11-17-38)61-52(68)39-18-12-8-13-19-39)33-58(71)51(80-53(69)40-20-14-9-15-21-40)49-56(6,50(67)48(77-36(2)63)45(35)55(58,4)5)42(32-43-57(49,34-76-43)81-37(3)64)79-44(65)22-24-72-26-28-74-30-31-75-29-27-73-25-23-60-62-59/h7-21,41-43,46-49,51,66,71H,22-34H2,1-6H3,(H,61,68)/t41-,42-,43+,46-,47+,48+,49?,51-,56+,57-,58+/m0/s1. The summed E-state index contributed by atoms with van der Waals surface area (Å²) in [6.07, 6.45) is -11.4. The molecule has 11 atom stereocenters. The minimum atomic E-state index is -2.50. The summed E-state index contributed by atoms with van der Waals surface area (Å²) in [6, 6.07) is 22.7. The summed E-state index contributed by atoms with van der Waals surface area (Å²) in [4.78, 5) is 103. The average molecular weight is 1130 g/mol. The van der Waals surface area contributed by atoms with Crippen molar-refractivity contribution in [2.45, 2.75) is 115 Å². The Morgan fingerprint density at radius 3 is 1.89 bits per heavy atom. The van der Waals surface area contributed by atoms with Crippen LogP contribution in [0.4, 0.5) is 0 Å². The maximum Gasteiger partial charge on any atom is 0.338 e. The average Bonchev–Trinajstić information content (AvgIpc) is 3.48. The Kier molecular flexibility index (Phi) is 20.6. The van der Waals surface area contributed by atoms with Crippen LogP contribution in [0.1, 0.15) is 93.1 Å². The lowest BCUT2D eigenvalue weighted by Crippen LogP contribution is -2.82. The monoisotopic (exact) mass is 1130 g/mol. The normalized spacial score (nSPS) is 26.9. The van der Waals surface area contributed by atoms with Crippen molar-refractivity contribution in [3.8, 4) is 0 Å². The molecule has 3 aromatic carbocycles. The van der Waals surface area contributed by atoms with Crippen molar-refractivity contribution in [3.63, 3.8) is 0 Å². The third-order valence-electron chi connectivity index (χ3n) is 15.7. The first-order valence-corrected chi connectivity index (χ1v) is 26.7. The van der Waals surface area contributed by atoms with E-state index in [4.69, 9.17) is 52.9 Å². The van der Waals surface area contributed by atoms with Gasteiger partial charge in [0.15, 0.2) is 23.6 Å². The largest absolute Gasteiger partial charge is 0.461 e. The number of Topliss-reactive ketones (excluding diaryl/α,β-unsaturated/α-hetero) is 1. The van der Waals surface area contributed by atoms with Gasteiger partial charge in [-0.15, -0.1) is 0 Å². The van der Waals surface area contributed by atoms with Crippen LogP contribution in [-0.4, -0.2) is 166 Å². The highest BCUT2D eigenvalue weighted by molar-refractivity contribution is 5.96. The smallest absolute Gasteiger partial charge is 0.338 e. The molecule has 0 spiro atoms. The van der Waals surface area contributed by atoms with Crippen LogP contribution in [-0.2, 0) is 71.3 Å². The summed E-state index contributed by atoms with van der Waals surface area (Å²) < 4.78 is 59.3. The minimum absolute atomic E-state index is 0.0208. The maximum atomic E-state index is 16.3. The van der Waals surface area contributed by atoms with Crippen molar-refractivity contribution in [2.24, 2.45) is 21.9 Å². The molecule has 3 aromatic rings. The molecule has 0 radical (unpaired) electrons. The summed E-state index contributed by atoms with van der Waals surface area (Å²) in [5.41, 5.74) is 0.643. The number of esters is 5. The molecule has 81 heavy (non-hydrogen) atoms. The Morgan fingerprint density at radius 1 is 0.765 bits per heavy atom. The first kappa shape index (κ1) is 61.5. The number of nitrogens with zero attached hydrogens (tertiary/aromatic N) is 3. The van der Waals surface area contributed by atoms with Crippen LogP contribution in [0.15, 0.2) is 107 Å². The number of hydrogen-bond acceptors (Lipinski definition) is 20. The molecular formula is C58H70N4O19. The van der Waals surface area contributed by atoms with E-state index in [0.29, 0.717) is 18.8 Å². The van der Waals surface area contributed by atoms with Gasteiger partial charge in [0, 0.05) is 49.1 Å². The van der Waals surface area contributed by atoms with Crippen molar-refractivity contribution >= 4 is 41.5 Å². The Labute approximate surface area is 468 Å². The molecule has 436 valence electrons. The van der Waals surface area contributed by atoms with E-state index in [1.807, 2.05) is 0 Å². The summed E-state index contributed by atoms with van der Waals surface area (Å²) in [5.74, 6) is -8.07. The number of ether oxygens (including phenoxy) is 10. The van der Waals surface area contributed by atoms with Crippen LogP contribution in [0.3, 0.4) is 0 Å². The second-order valence-electron chi connectivity index (χ2n) is 21.0. The van der Waals surface area contributed by atoms with E-state index in [9.17, 15) is 39.0 Å². The fraction of sp³-hybridized carbons (Fsp3) is 0.534. The number of amides is 1. The van der Waals surface area contributed by atoms with Crippen molar-refractivity contribution < 1.29 is 91.1 Å². The number of benzene rings is 3. The molecule has 1 saturated heterocycles. The molecule has 23 heteroatoms. The van der Waals surface area contributed by atoms with Gasteiger partial charge in [-0.3, -0.25) is 24.0 Å². The Hall–Kier alpha value is -7.08. The second-order valence-corrected chi connectivity index (χ2v) is 21.0. The van der Waals surface area contributed by atoms with E-state index in [1.165, 1.54) is 26.0 Å². The number of hydrogen-bond donors (Lipinski definition) is 3. The van der Waals surface area contributed by atoms with Gasteiger partial charge in [0.1, 0.15) is 30.0 Å². The Morgan fingerprint density at radius 2 is 1.33 bits per heavy atom. The molecule has 1 unspecified atom stereocenters. The molecule has 2 saturated carbocycles. The third-order valence-corrected chi connectivity index (χ3v) is 15.7. The van der Waals surface area contributed by atoms with E-state index >= 15 is 4.79 Å². The fourth-order valence-corrected chi connectivity index (χ4v) is 11.6. The predicted octanol–water partition coefficient (Wildman–Crippen LogP) is 5.05. The number of carbonyl (C=O) groups is 7. The first-order chi connectivity index (χ1) is 38.7. The topological polar surface area (TPSA) is 313 Å². The van der Waals surface area contributed by atoms with Crippen LogP contribution < -0.4 is 5.32 Å². The first-order valence-electron chi connectivity index (χ1n) is 26.7. The van der Waals surface area contributed by atoms with Crippen LogP contribution in [0.5, 0.6) is 0 Å². The lowest BCUT2D eigenvalue weighted by Gasteiger charge is -2.67. The number of nitrogens with one attached hydrogen (secondary N) is 1. The molecule has 3 fully saturated rings. The zero-order valence-electron chi connectivity index (χ0n) is 46.1. The maximum absolute atomic E-state index is 16.3. The molecule has 3 N–H and O–H groups in total. The molecular weight excluding hydrogens is 1060 g/mol. The van der Waals surface area contributed by atoms with Gasteiger partial charge in [0.25, 0.3) is 5.91 Å². The molecule has 4 aliphatic rings. The van der Waals surface area contributed by atoms with Gasteiger partial charge in [0.05, 0.1) is 88.8 Å². The van der Waals surface area contributed by atoms with Gasteiger partial charge in [-0.25, -0.2) is 9.59 Å². The predicted molar refractivity (Wildman–Crippen MR) is 283 cm³/mol. The van der Waals surface area contributed by atoms with Gasteiger partial charge in [0.2, 0.25) is 0 Å². The SMILES string of the molecule is CC(=O)O[C@H]1C(=O)[C@@]2(C)C([C@H](OC(=O)c3ccccc3)[C@]3(O)C[C@H](OC(=O)[C@H](O)[C@@H](NC(=O)c4ccccc4)c4ccccc4)C(C)=C1C3(C)C)[C@]1(OC(C)=O)CO[C@@H]1C[C@@H]2OC(=O)CCOCCOCCOCCOCCN=[N+]=[N-]. The number of fused-ring (bicyclic) bond motifs is 5. The second kappa shape index (κ2) is 27.1. The van der Waals surface area contributed by atoms with Crippen LogP contribution in [0.2, 0.25) is 0 Å². The molecule has 23 nitrogen and oxygen atoms in total. The highest BCUT2D eigenvalue weighted by Gasteiger charge is 2.79. The molecule has 7 rings (SSSR count). The Balaban J connectivity index is 1.23. The lowest BCUT2D eigenvalue weighted by atomic mass is 9.44. The van der Waals surface area contributed by atoms with Crippen molar-refractivity contribution in [2.75, 3.05) is 66.0 Å². The van der Waals surface area contributed by atoms with Gasteiger partial charge < -0.3 is 62.9 Å². The summed E-state index contributed by atoms with van der Waals surface area (Å²) in [6.45, 7) is 9.57. The van der Waals surface area contributed by atoms with Crippen molar-refractivity contribution in [1.29, 1.82) is 0 Å². The van der Waals surface area contributed by atoms with Crippen LogP contribution in [0.25, 0.3) is 10.4 Å². The molecule has 1 aliphatic heterocycles. The minimum Gasteiger partial charge on any atom is -0.461 e.